The van der Waals surface area contributed by atoms with E-state index in [0.29, 0.717) is 18.4 Å². The molecule has 3 heterocycles. The monoisotopic (exact) mass is 298 g/mol. The average molecular weight is 298 g/mol. The highest BCUT2D eigenvalue weighted by Crippen LogP contribution is 2.43. The van der Waals surface area contributed by atoms with Crippen molar-refractivity contribution in [1.29, 1.82) is 0 Å². The van der Waals surface area contributed by atoms with Gasteiger partial charge in [0.15, 0.2) is 0 Å². The number of anilines is 1. The molecule has 1 fully saturated rings. The predicted molar refractivity (Wildman–Crippen MR) is 85.4 cm³/mol. The Labute approximate surface area is 128 Å². The molecule has 0 bridgehead atoms. The van der Waals surface area contributed by atoms with Crippen LogP contribution < -0.4 is 5.32 Å². The molecular weight excluding hydrogens is 280 g/mol. The van der Waals surface area contributed by atoms with Crippen LogP contribution in [-0.2, 0) is 4.79 Å². The minimum Gasteiger partial charge on any atom is -0.377 e. The Hall–Kier alpha value is -1.81. The molecule has 4 heteroatoms. The smallest absolute Gasteiger partial charge is 0.223 e. The molecule has 1 aromatic carbocycles. The Balaban J connectivity index is 1.72. The second kappa shape index (κ2) is 5.19. The molecule has 1 aromatic heterocycles. The molecule has 2 aliphatic heterocycles. The zero-order valence-electron chi connectivity index (χ0n) is 11.8. The van der Waals surface area contributed by atoms with E-state index in [4.69, 9.17) is 0 Å². The molecule has 2 unspecified atom stereocenters. The SMILES string of the molecule is O=C1CCCN1C1CC(c2cccs2)Nc2ccccc21. The number of hydrogen-bond donors (Lipinski definition) is 1. The van der Waals surface area contributed by atoms with Crippen LogP contribution in [0, 0.1) is 0 Å². The number of carbonyl (C=O) groups excluding carboxylic acids is 1. The predicted octanol–water partition coefficient (Wildman–Crippen LogP) is 3.97. The van der Waals surface area contributed by atoms with Gasteiger partial charge in [-0.1, -0.05) is 24.3 Å². The Kier molecular flexibility index (Phi) is 3.19. The fraction of sp³-hybridized carbons (Fsp3) is 0.353. The average Bonchev–Trinajstić information content (AvgIpc) is 3.17. The number of hydrogen-bond acceptors (Lipinski definition) is 3. The van der Waals surface area contributed by atoms with Gasteiger partial charge in [0.05, 0.1) is 12.1 Å². The number of nitrogens with one attached hydrogen (secondary N) is 1. The molecule has 1 N–H and O–H groups in total. The number of para-hydroxylation sites is 1. The third-order valence-corrected chi connectivity index (χ3v) is 5.47. The summed E-state index contributed by atoms with van der Waals surface area (Å²) < 4.78 is 0. The molecule has 3 nitrogen and oxygen atoms in total. The first-order valence-electron chi connectivity index (χ1n) is 7.51. The van der Waals surface area contributed by atoms with Gasteiger partial charge in [0, 0.05) is 23.5 Å². The van der Waals surface area contributed by atoms with E-state index in [0.717, 1.165) is 19.4 Å². The molecule has 0 spiro atoms. The molecule has 0 aliphatic carbocycles. The summed E-state index contributed by atoms with van der Waals surface area (Å²) in [6, 6.07) is 13.2. The van der Waals surface area contributed by atoms with E-state index in [1.165, 1.54) is 16.1 Å². The Morgan fingerprint density at radius 2 is 2.10 bits per heavy atom. The molecule has 1 amide bonds. The van der Waals surface area contributed by atoms with Crippen LogP contribution in [0.5, 0.6) is 0 Å². The summed E-state index contributed by atoms with van der Waals surface area (Å²) in [5.74, 6) is 0.307. The van der Waals surface area contributed by atoms with Gasteiger partial charge in [0.25, 0.3) is 0 Å². The van der Waals surface area contributed by atoms with Crippen molar-refractivity contribution < 1.29 is 4.79 Å². The van der Waals surface area contributed by atoms with E-state index in [1.807, 2.05) is 0 Å². The van der Waals surface area contributed by atoms with Gasteiger partial charge in [-0.3, -0.25) is 4.79 Å². The largest absolute Gasteiger partial charge is 0.377 e. The van der Waals surface area contributed by atoms with Crippen LogP contribution in [0.25, 0.3) is 0 Å². The quantitative estimate of drug-likeness (QED) is 0.910. The fourth-order valence-corrected chi connectivity index (χ4v) is 4.28. The zero-order valence-corrected chi connectivity index (χ0v) is 12.6. The maximum atomic E-state index is 12.2. The van der Waals surface area contributed by atoms with Crippen LogP contribution >= 0.6 is 11.3 Å². The van der Waals surface area contributed by atoms with Crippen molar-refractivity contribution in [3.05, 3.63) is 52.2 Å². The van der Waals surface area contributed by atoms with Gasteiger partial charge >= 0.3 is 0 Å². The third kappa shape index (κ3) is 2.23. The topological polar surface area (TPSA) is 32.3 Å². The molecule has 0 saturated carbocycles. The number of carbonyl (C=O) groups is 1. The van der Waals surface area contributed by atoms with E-state index < -0.39 is 0 Å². The number of nitrogens with zero attached hydrogens (tertiary/aromatic N) is 1. The normalized spacial score (nSPS) is 24.8. The van der Waals surface area contributed by atoms with Crippen LogP contribution in [0.3, 0.4) is 0 Å². The summed E-state index contributed by atoms with van der Waals surface area (Å²) in [4.78, 5) is 15.6. The van der Waals surface area contributed by atoms with Gasteiger partial charge in [-0.2, -0.15) is 0 Å². The lowest BCUT2D eigenvalue weighted by Gasteiger charge is -2.37. The summed E-state index contributed by atoms with van der Waals surface area (Å²) >= 11 is 1.78. The molecule has 0 radical (unpaired) electrons. The molecule has 2 aliphatic rings. The molecule has 4 rings (SSSR count). The van der Waals surface area contributed by atoms with E-state index in [9.17, 15) is 4.79 Å². The van der Waals surface area contributed by atoms with Gasteiger partial charge in [-0.05, 0) is 35.9 Å². The highest BCUT2D eigenvalue weighted by atomic mass is 32.1. The molecule has 2 atom stereocenters. The Morgan fingerprint density at radius 3 is 2.86 bits per heavy atom. The number of thiophene rings is 1. The van der Waals surface area contributed by atoms with Crippen molar-refractivity contribution in [3.8, 4) is 0 Å². The summed E-state index contributed by atoms with van der Waals surface area (Å²) in [7, 11) is 0. The maximum Gasteiger partial charge on any atom is 0.223 e. The summed E-state index contributed by atoms with van der Waals surface area (Å²) in [5.41, 5.74) is 2.44. The highest BCUT2D eigenvalue weighted by molar-refractivity contribution is 7.10. The highest BCUT2D eigenvalue weighted by Gasteiger charge is 2.35. The van der Waals surface area contributed by atoms with Crippen molar-refractivity contribution in [1.82, 2.24) is 4.90 Å². The first kappa shape index (κ1) is 12.9. The van der Waals surface area contributed by atoms with Crippen molar-refractivity contribution in [2.45, 2.75) is 31.3 Å². The fourth-order valence-electron chi connectivity index (χ4n) is 3.49. The molecule has 1 saturated heterocycles. The lowest BCUT2D eigenvalue weighted by molar-refractivity contribution is -0.130. The molecular formula is C17H18N2OS. The van der Waals surface area contributed by atoms with Crippen LogP contribution in [-0.4, -0.2) is 17.4 Å². The van der Waals surface area contributed by atoms with E-state index in [2.05, 4.69) is 52.0 Å². The van der Waals surface area contributed by atoms with Gasteiger partial charge in [0.1, 0.15) is 0 Å². The number of fused-ring (bicyclic) bond motifs is 1. The van der Waals surface area contributed by atoms with Crippen molar-refractivity contribution in [2.75, 3.05) is 11.9 Å². The van der Waals surface area contributed by atoms with Crippen molar-refractivity contribution in [2.24, 2.45) is 0 Å². The van der Waals surface area contributed by atoms with E-state index >= 15 is 0 Å². The summed E-state index contributed by atoms with van der Waals surface area (Å²) in [6.07, 6.45) is 2.66. The second-order valence-electron chi connectivity index (χ2n) is 5.74. The molecule has 2 aromatic rings. The first-order valence-corrected chi connectivity index (χ1v) is 8.39. The van der Waals surface area contributed by atoms with E-state index in [1.54, 1.807) is 11.3 Å². The lowest BCUT2D eigenvalue weighted by Crippen LogP contribution is -2.35. The van der Waals surface area contributed by atoms with Crippen LogP contribution in [0.4, 0.5) is 5.69 Å². The van der Waals surface area contributed by atoms with Gasteiger partial charge in [-0.15, -0.1) is 11.3 Å². The van der Waals surface area contributed by atoms with Crippen LogP contribution in [0.2, 0.25) is 0 Å². The number of benzene rings is 1. The maximum absolute atomic E-state index is 12.2. The van der Waals surface area contributed by atoms with Crippen molar-refractivity contribution >= 4 is 22.9 Å². The number of likely N-dealkylation sites (tertiary alicyclic amines) is 1. The lowest BCUT2D eigenvalue weighted by atomic mass is 9.91. The van der Waals surface area contributed by atoms with Gasteiger partial charge < -0.3 is 10.2 Å². The Morgan fingerprint density at radius 1 is 1.19 bits per heavy atom. The Bertz CT molecular complexity index is 653. The molecule has 21 heavy (non-hydrogen) atoms. The number of amides is 1. The van der Waals surface area contributed by atoms with Gasteiger partial charge in [0.2, 0.25) is 5.91 Å². The van der Waals surface area contributed by atoms with Gasteiger partial charge in [-0.25, -0.2) is 0 Å². The van der Waals surface area contributed by atoms with E-state index in [-0.39, 0.29) is 6.04 Å². The molecule has 108 valence electrons. The second-order valence-corrected chi connectivity index (χ2v) is 6.72. The number of rotatable bonds is 2. The minimum absolute atomic E-state index is 0.213. The van der Waals surface area contributed by atoms with Crippen LogP contribution in [0.15, 0.2) is 41.8 Å². The van der Waals surface area contributed by atoms with Crippen LogP contribution in [0.1, 0.15) is 41.8 Å². The zero-order chi connectivity index (χ0) is 14.2. The third-order valence-electron chi connectivity index (χ3n) is 4.48. The standard InChI is InChI=1S/C17H18N2OS/c20-17-8-3-9-19(17)15-11-14(16-7-4-10-21-16)18-13-6-2-1-5-12(13)15/h1-2,4-7,10,14-15,18H,3,8-9,11H2. The first-order chi connectivity index (χ1) is 10.3. The minimum atomic E-state index is 0.213. The summed E-state index contributed by atoms with van der Waals surface area (Å²) in [5, 5.41) is 5.76. The summed E-state index contributed by atoms with van der Waals surface area (Å²) in [6.45, 7) is 0.898. The van der Waals surface area contributed by atoms with Crippen molar-refractivity contribution in [3.63, 3.8) is 0 Å².